The molecule has 3 N–H and O–H groups in total. The first-order valence-electron chi connectivity index (χ1n) is 5.38. The molecule has 0 fully saturated rings. The van der Waals surface area contributed by atoms with Crippen LogP contribution in [0.2, 0.25) is 0 Å². The van der Waals surface area contributed by atoms with Gasteiger partial charge < -0.3 is 15.8 Å². The lowest BCUT2D eigenvalue weighted by molar-refractivity contribution is -0.140. The molecule has 0 saturated carbocycles. The normalized spacial score (nSPS) is 13.3. The number of halogens is 3. The van der Waals surface area contributed by atoms with E-state index in [9.17, 15) is 18.0 Å². The van der Waals surface area contributed by atoms with E-state index in [1.807, 2.05) is 0 Å². The molecule has 1 atom stereocenters. The number of carbonyl (C=O) groups excluding carboxylic acids is 1. The van der Waals surface area contributed by atoms with E-state index in [2.05, 4.69) is 10.3 Å². The lowest BCUT2D eigenvalue weighted by Crippen LogP contribution is -2.44. The van der Waals surface area contributed by atoms with Crippen molar-refractivity contribution in [2.45, 2.75) is 18.6 Å². The maximum Gasteiger partial charge on any atom is 0.434 e. The molecule has 1 rings (SSSR count). The number of amides is 1. The van der Waals surface area contributed by atoms with Crippen molar-refractivity contribution in [2.75, 3.05) is 20.3 Å². The molecule has 0 spiro atoms. The molecule has 1 aromatic rings. The zero-order chi connectivity index (χ0) is 14.5. The van der Waals surface area contributed by atoms with Crippen LogP contribution in [0.1, 0.15) is 10.7 Å². The monoisotopic (exact) mass is 297 g/mol. The Bertz CT molecular complexity index is 422. The van der Waals surface area contributed by atoms with Gasteiger partial charge in [-0.25, -0.2) is 4.98 Å². The largest absolute Gasteiger partial charge is 0.434 e. The van der Waals surface area contributed by atoms with Crippen LogP contribution in [0.3, 0.4) is 0 Å². The quantitative estimate of drug-likeness (QED) is 0.814. The van der Waals surface area contributed by atoms with E-state index in [-0.39, 0.29) is 19.6 Å². The minimum absolute atomic E-state index is 0.0846. The Morgan fingerprint density at radius 3 is 2.84 bits per heavy atom. The fourth-order valence-corrected chi connectivity index (χ4v) is 2.04. The van der Waals surface area contributed by atoms with Crippen LogP contribution >= 0.6 is 11.3 Å². The second-order valence-electron chi connectivity index (χ2n) is 3.73. The summed E-state index contributed by atoms with van der Waals surface area (Å²) in [4.78, 5) is 14.8. The average molecular weight is 297 g/mol. The topological polar surface area (TPSA) is 77.2 Å². The van der Waals surface area contributed by atoms with Gasteiger partial charge in [-0.15, -0.1) is 11.3 Å². The number of methoxy groups -OCH3 is 1. The first-order chi connectivity index (χ1) is 8.84. The van der Waals surface area contributed by atoms with Gasteiger partial charge >= 0.3 is 6.18 Å². The van der Waals surface area contributed by atoms with Gasteiger partial charge in [0.25, 0.3) is 0 Å². The Kier molecular flexibility index (Phi) is 5.70. The van der Waals surface area contributed by atoms with Crippen molar-refractivity contribution in [3.8, 4) is 0 Å². The van der Waals surface area contributed by atoms with E-state index in [1.54, 1.807) is 0 Å². The molecular formula is C10H14F3N3O2S. The zero-order valence-electron chi connectivity index (χ0n) is 10.2. The molecule has 1 amide bonds. The molecule has 1 unspecified atom stereocenters. The van der Waals surface area contributed by atoms with Crippen molar-refractivity contribution in [3.05, 3.63) is 16.1 Å². The van der Waals surface area contributed by atoms with Crippen molar-refractivity contribution in [1.82, 2.24) is 10.3 Å². The van der Waals surface area contributed by atoms with E-state index >= 15 is 0 Å². The third-order valence-electron chi connectivity index (χ3n) is 2.16. The SMILES string of the molecule is COCC(N)C(=O)NCCc1nc(C(F)(F)F)cs1. The summed E-state index contributed by atoms with van der Waals surface area (Å²) in [5.41, 5.74) is 4.56. The highest BCUT2D eigenvalue weighted by Crippen LogP contribution is 2.29. The van der Waals surface area contributed by atoms with E-state index in [0.29, 0.717) is 5.01 Å². The summed E-state index contributed by atoms with van der Waals surface area (Å²) >= 11 is 0.908. The van der Waals surface area contributed by atoms with E-state index in [4.69, 9.17) is 10.5 Å². The van der Waals surface area contributed by atoms with Crippen molar-refractivity contribution in [2.24, 2.45) is 5.73 Å². The van der Waals surface area contributed by atoms with Crippen molar-refractivity contribution >= 4 is 17.2 Å². The van der Waals surface area contributed by atoms with Gasteiger partial charge in [0.05, 0.1) is 11.6 Å². The molecule has 0 bridgehead atoms. The number of nitrogens with two attached hydrogens (primary N) is 1. The summed E-state index contributed by atoms with van der Waals surface area (Å²) in [6.45, 7) is 0.266. The first kappa shape index (κ1) is 15.9. The smallest absolute Gasteiger partial charge is 0.383 e. The molecule has 0 saturated heterocycles. The lowest BCUT2D eigenvalue weighted by Gasteiger charge is -2.10. The van der Waals surface area contributed by atoms with Gasteiger partial charge in [-0.05, 0) is 0 Å². The number of carbonyl (C=O) groups is 1. The molecular weight excluding hydrogens is 283 g/mol. The van der Waals surface area contributed by atoms with Gasteiger partial charge in [-0.1, -0.05) is 0 Å². The molecule has 108 valence electrons. The van der Waals surface area contributed by atoms with Crippen LogP contribution in [0.4, 0.5) is 13.2 Å². The Labute approximate surface area is 112 Å². The number of aromatic nitrogens is 1. The summed E-state index contributed by atoms with van der Waals surface area (Å²) in [6, 6.07) is -0.785. The number of ether oxygens (including phenoxy) is 1. The van der Waals surface area contributed by atoms with Crippen molar-refractivity contribution in [3.63, 3.8) is 0 Å². The number of rotatable bonds is 6. The zero-order valence-corrected chi connectivity index (χ0v) is 11.0. The molecule has 0 radical (unpaired) electrons. The maximum atomic E-state index is 12.3. The number of nitrogens with one attached hydrogen (secondary N) is 1. The summed E-state index contributed by atoms with van der Waals surface area (Å²) in [5.74, 6) is -0.408. The molecule has 0 aliphatic rings. The Morgan fingerprint density at radius 1 is 1.63 bits per heavy atom. The number of thiazole rings is 1. The summed E-state index contributed by atoms with van der Waals surface area (Å²) in [6.07, 6.45) is -4.20. The Balaban J connectivity index is 2.37. The minimum Gasteiger partial charge on any atom is -0.383 e. The molecule has 0 aliphatic heterocycles. The van der Waals surface area contributed by atoms with Gasteiger partial charge in [0.2, 0.25) is 5.91 Å². The van der Waals surface area contributed by atoms with Crippen molar-refractivity contribution in [1.29, 1.82) is 0 Å². The number of alkyl halides is 3. The van der Waals surface area contributed by atoms with Crippen LogP contribution < -0.4 is 11.1 Å². The third kappa shape index (κ3) is 5.13. The first-order valence-corrected chi connectivity index (χ1v) is 6.26. The number of hydrogen-bond acceptors (Lipinski definition) is 5. The van der Waals surface area contributed by atoms with Crippen LogP contribution in [-0.4, -0.2) is 37.2 Å². The fraction of sp³-hybridized carbons (Fsp3) is 0.600. The van der Waals surface area contributed by atoms with Gasteiger partial charge in [0.1, 0.15) is 6.04 Å². The molecule has 1 heterocycles. The van der Waals surface area contributed by atoms with Crippen LogP contribution in [0, 0.1) is 0 Å². The second-order valence-corrected chi connectivity index (χ2v) is 4.67. The highest BCUT2D eigenvalue weighted by Gasteiger charge is 2.33. The predicted molar refractivity (Wildman–Crippen MR) is 63.7 cm³/mol. The van der Waals surface area contributed by atoms with Crippen LogP contribution in [0.5, 0.6) is 0 Å². The summed E-state index contributed by atoms with van der Waals surface area (Å²) < 4.78 is 41.6. The molecule has 9 heteroatoms. The van der Waals surface area contributed by atoms with Gasteiger partial charge in [-0.2, -0.15) is 13.2 Å². The van der Waals surface area contributed by atoms with Crippen LogP contribution in [0.25, 0.3) is 0 Å². The van der Waals surface area contributed by atoms with E-state index < -0.39 is 23.8 Å². The standard InChI is InChI=1S/C10H14F3N3O2S/c1-18-4-6(14)9(17)15-3-2-8-16-7(5-19-8)10(11,12)13/h5-6H,2-4,14H2,1H3,(H,15,17). The highest BCUT2D eigenvalue weighted by molar-refractivity contribution is 7.09. The minimum atomic E-state index is -4.43. The van der Waals surface area contributed by atoms with Gasteiger partial charge in [-0.3, -0.25) is 4.79 Å². The molecule has 0 aromatic carbocycles. The summed E-state index contributed by atoms with van der Waals surface area (Å²) in [7, 11) is 1.42. The molecule has 0 aliphatic carbocycles. The third-order valence-corrected chi connectivity index (χ3v) is 3.07. The predicted octanol–water partition coefficient (Wildman–Crippen LogP) is 0.794. The lowest BCUT2D eigenvalue weighted by atomic mass is 10.3. The number of nitrogens with zero attached hydrogens (tertiary/aromatic N) is 1. The second kappa shape index (κ2) is 6.83. The number of hydrogen-bond donors (Lipinski definition) is 2. The van der Waals surface area contributed by atoms with Crippen molar-refractivity contribution < 1.29 is 22.7 Å². The fourth-order valence-electron chi connectivity index (χ4n) is 1.23. The Hall–Kier alpha value is -1.19. The molecule has 1 aromatic heterocycles. The Morgan fingerprint density at radius 2 is 2.32 bits per heavy atom. The van der Waals surface area contributed by atoms with E-state index in [0.717, 1.165) is 16.7 Å². The molecule has 19 heavy (non-hydrogen) atoms. The molecule has 5 nitrogen and oxygen atoms in total. The van der Waals surface area contributed by atoms with E-state index in [1.165, 1.54) is 7.11 Å². The van der Waals surface area contributed by atoms with Gasteiger partial charge in [0, 0.05) is 25.5 Å². The summed E-state index contributed by atoms with van der Waals surface area (Å²) in [5, 5.41) is 3.77. The van der Waals surface area contributed by atoms with Crippen LogP contribution in [-0.2, 0) is 22.1 Å². The maximum absolute atomic E-state index is 12.3. The highest BCUT2D eigenvalue weighted by atomic mass is 32.1. The average Bonchev–Trinajstić information content (AvgIpc) is 2.77. The van der Waals surface area contributed by atoms with Crippen LogP contribution in [0.15, 0.2) is 5.38 Å². The van der Waals surface area contributed by atoms with Gasteiger partial charge in [0.15, 0.2) is 5.69 Å².